The van der Waals surface area contributed by atoms with E-state index in [1.807, 2.05) is 24.3 Å². The Kier molecular flexibility index (Phi) is 5.40. The first kappa shape index (κ1) is 16.7. The van der Waals surface area contributed by atoms with Gasteiger partial charge in [-0.1, -0.05) is 12.1 Å². The number of carbonyl (C=O) groups is 1. The molecule has 8 heteroatoms. The summed E-state index contributed by atoms with van der Waals surface area (Å²) in [5.74, 6) is 1.45. The lowest BCUT2D eigenvalue weighted by Gasteiger charge is -2.10. The van der Waals surface area contributed by atoms with Crippen LogP contribution in [0.5, 0.6) is 5.75 Å². The summed E-state index contributed by atoms with van der Waals surface area (Å²) in [6, 6.07) is 9.55. The maximum Gasteiger partial charge on any atom is 0.225 e. The highest BCUT2D eigenvalue weighted by Gasteiger charge is 2.08. The lowest BCUT2D eigenvalue weighted by atomic mass is 10.2. The zero-order valence-corrected chi connectivity index (χ0v) is 14.0. The second-order valence-corrected chi connectivity index (χ2v) is 5.53. The number of nitrogens with zero attached hydrogens (tertiary/aromatic N) is 5. The van der Waals surface area contributed by atoms with Gasteiger partial charge in [0.2, 0.25) is 5.91 Å². The lowest BCUT2D eigenvalue weighted by Crippen LogP contribution is -2.16. The number of hydrogen-bond acceptors (Lipinski definition) is 5. The molecule has 1 N–H and O–H groups in total. The molecule has 0 aliphatic carbocycles. The van der Waals surface area contributed by atoms with Crippen LogP contribution in [0.15, 0.2) is 49.2 Å². The van der Waals surface area contributed by atoms with Crippen molar-refractivity contribution in [2.45, 2.75) is 25.9 Å². The van der Waals surface area contributed by atoms with Gasteiger partial charge in [0.25, 0.3) is 0 Å². The number of aromatic nitrogens is 5. The van der Waals surface area contributed by atoms with E-state index in [4.69, 9.17) is 4.74 Å². The van der Waals surface area contributed by atoms with Gasteiger partial charge in [-0.25, -0.2) is 9.67 Å². The number of hydrogen-bond donors (Lipinski definition) is 1. The van der Waals surface area contributed by atoms with Crippen molar-refractivity contribution in [1.29, 1.82) is 0 Å². The lowest BCUT2D eigenvalue weighted by molar-refractivity contribution is -0.116. The summed E-state index contributed by atoms with van der Waals surface area (Å²) in [6.45, 7) is 1.24. The molecular weight excluding hydrogens is 320 g/mol. The van der Waals surface area contributed by atoms with E-state index < -0.39 is 0 Å². The van der Waals surface area contributed by atoms with Gasteiger partial charge in [-0.2, -0.15) is 10.2 Å². The van der Waals surface area contributed by atoms with Crippen LogP contribution >= 0.6 is 0 Å². The third-order valence-electron chi connectivity index (χ3n) is 3.73. The monoisotopic (exact) mass is 340 g/mol. The minimum Gasteiger partial charge on any atom is -0.497 e. The Bertz CT molecular complexity index is 795. The highest BCUT2D eigenvalue weighted by Crippen LogP contribution is 2.15. The molecule has 2 aromatic heterocycles. The van der Waals surface area contributed by atoms with Crippen LogP contribution in [0.2, 0.25) is 0 Å². The first-order chi connectivity index (χ1) is 12.2. The Labute approximate surface area is 145 Å². The predicted molar refractivity (Wildman–Crippen MR) is 92.2 cm³/mol. The number of carbonyl (C=O) groups excluding carboxylic acids is 1. The summed E-state index contributed by atoms with van der Waals surface area (Å²) >= 11 is 0. The fourth-order valence-electron chi connectivity index (χ4n) is 2.42. The normalized spacial score (nSPS) is 10.6. The standard InChI is InChI=1S/C17H20N6O2/c1-25-15-6-4-14(5-7-15)11-23-16(8-9-19-23)21-17(24)3-2-10-22-13-18-12-20-22/h4-9,12-13H,2-3,10-11H2,1H3,(H,21,24). The van der Waals surface area contributed by atoms with Gasteiger partial charge in [0.05, 0.1) is 19.9 Å². The van der Waals surface area contributed by atoms with Gasteiger partial charge in [-0.3, -0.25) is 9.48 Å². The van der Waals surface area contributed by atoms with E-state index in [-0.39, 0.29) is 5.91 Å². The largest absolute Gasteiger partial charge is 0.497 e. The molecule has 0 radical (unpaired) electrons. The highest BCUT2D eigenvalue weighted by molar-refractivity contribution is 5.89. The first-order valence-electron chi connectivity index (χ1n) is 8.01. The fourth-order valence-corrected chi connectivity index (χ4v) is 2.42. The summed E-state index contributed by atoms with van der Waals surface area (Å²) in [6.07, 6.45) is 5.91. The number of nitrogens with one attached hydrogen (secondary N) is 1. The second-order valence-electron chi connectivity index (χ2n) is 5.53. The molecule has 3 aromatic rings. The summed E-state index contributed by atoms with van der Waals surface area (Å²) in [5, 5.41) is 11.2. The molecule has 0 saturated heterocycles. The van der Waals surface area contributed by atoms with Gasteiger partial charge in [0.15, 0.2) is 0 Å². The summed E-state index contributed by atoms with van der Waals surface area (Å²) in [5.41, 5.74) is 1.08. The predicted octanol–water partition coefficient (Wildman–Crippen LogP) is 1.95. The number of ether oxygens (including phenoxy) is 1. The van der Waals surface area contributed by atoms with Gasteiger partial charge < -0.3 is 10.1 Å². The van der Waals surface area contributed by atoms with E-state index >= 15 is 0 Å². The molecule has 1 amide bonds. The minimum atomic E-state index is -0.0448. The Morgan fingerprint density at radius 3 is 2.76 bits per heavy atom. The molecular formula is C17H20N6O2. The molecule has 25 heavy (non-hydrogen) atoms. The summed E-state index contributed by atoms with van der Waals surface area (Å²) < 4.78 is 8.63. The Balaban J connectivity index is 1.52. The third kappa shape index (κ3) is 4.66. The average molecular weight is 340 g/mol. The quantitative estimate of drug-likeness (QED) is 0.677. The molecule has 0 bridgehead atoms. The molecule has 2 heterocycles. The number of methoxy groups -OCH3 is 1. The molecule has 1 aromatic carbocycles. The smallest absolute Gasteiger partial charge is 0.225 e. The van der Waals surface area contributed by atoms with E-state index in [0.717, 1.165) is 11.3 Å². The topological polar surface area (TPSA) is 86.9 Å². The number of benzene rings is 1. The third-order valence-corrected chi connectivity index (χ3v) is 3.73. The SMILES string of the molecule is COc1ccc(Cn2nccc2NC(=O)CCCn2cncn2)cc1. The molecule has 0 atom stereocenters. The van der Waals surface area contributed by atoms with Crippen molar-refractivity contribution < 1.29 is 9.53 Å². The van der Waals surface area contributed by atoms with Gasteiger partial charge in [-0.05, 0) is 24.1 Å². The number of aryl methyl sites for hydroxylation is 1. The summed E-state index contributed by atoms with van der Waals surface area (Å²) in [7, 11) is 1.64. The van der Waals surface area contributed by atoms with Crippen LogP contribution in [0.25, 0.3) is 0 Å². The first-order valence-corrected chi connectivity index (χ1v) is 8.01. The van der Waals surface area contributed by atoms with Crippen LogP contribution in [0, 0.1) is 0 Å². The fraction of sp³-hybridized carbons (Fsp3) is 0.294. The number of amides is 1. The maximum atomic E-state index is 12.1. The second kappa shape index (κ2) is 8.09. The van der Waals surface area contributed by atoms with Crippen molar-refractivity contribution >= 4 is 11.7 Å². The molecule has 130 valence electrons. The van der Waals surface area contributed by atoms with E-state index in [1.165, 1.54) is 6.33 Å². The number of rotatable bonds is 8. The molecule has 0 spiro atoms. The molecule has 3 rings (SSSR count). The van der Waals surface area contributed by atoms with Crippen molar-refractivity contribution in [1.82, 2.24) is 24.5 Å². The zero-order valence-electron chi connectivity index (χ0n) is 14.0. The van der Waals surface area contributed by atoms with E-state index in [2.05, 4.69) is 20.5 Å². The summed E-state index contributed by atoms with van der Waals surface area (Å²) in [4.78, 5) is 16.0. The van der Waals surface area contributed by atoms with Crippen molar-refractivity contribution in [2.24, 2.45) is 0 Å². The van der Waals surface area contributed by atoms with Gasteiger partial charge in [0.1, 0.15) is 24.2 Å². The van der Waals surface area contributed by atoms with E-state index in [0.29, 0.717) is 31.7 Å². The molecule has 0 aliphatic heterocycles. The van der Waals surface area contributed by atoms with Gasteiger partial charge in [-0.15, -0.1) is 0 Å². The van der Waals surface area contributed by atoms with Crippen LogP contribution < -0.4 is 10.1 Å². The van der Waals surface area contributed by atoms with Crippen LogP contribution in [-0.2, 0) is 17.9 Å². The van der Waals surface area contributed by atoms with Crippen LogP contribution in [0.1, 0.15) is 18.4 Å². The van der Waals surface area contributed by atoms with Crippen molar-refractivity contribution in [3.05, 3.63) is 54.7 Å². The maximum absolute atomic E-state index is 12.1. The van der Waals surface area contributed by atoms with E-state index in [9.17, 15) is 4.79 Å². The van der Waals surface area contributed by atoms with Crippen LogP contribution in [0.3, 0.4) is 0 Å². The van der Waals surface area contributed by atoms with Crippen molar-refractivity contribution in [3.8, 4) is 5.75 Å². The minimum absolute atomic E-state index is 0.0448. The van der Waals surface area contributed by atoms with Crippen LogP contribution in [-0.4, -0.2) is 37.6 Å². The Hall–Kier alpha value is -3.16. The van der Waals surface area contributed by atoms with Gasteiger partial charge >= 0.3 is 0 Å². The molecule has 8 nitrogen and oxygen atoms in total. The molecule has 0 unspecified atom stereocenters. The molecule has 0 fully saturated rings. The molecule has 0 aliphatic rings. The average Bonchev–Trinajstić information content (AvgIpc) is 3.28. The van der Waals surface area contributed by atoms with Crippen LogP contribution in [0.4, 0.5) is 5.82 Å². The van der Waals surface area contributed by atoms with Gasteiger partial charge in [0, 0.05) is 19.0 Å². The number of anilines is 1. The molecule has 0 saturated carbocycles. The van der Waals surface area contributed by atoms with E-state index in [1.54, 1.807) is 35.1 Å². The zero-order chi connectivity index (χ0) is 17.5. The Morgan fingerprint density at radius 1 is 1.20 bits per heavy atom. The van der Waals surface area contributed by atoms with Crippen molar-refractivity contribution in [2.75, 3.05) is 12.4 Å². The Morgan fingerprint density at radius 2 is 2.04 bits per heavy atom. The highest BCUT2D eigenvalue weighted by atomic mass is 16.5. The van der Waals surface area contributed by atoms with Crippen molar-refractivity contribution in [3.63, 3.8) is 0 Å².